The fourth-order valence-electron chi connectivity index (χ4n) is 2.81. The molecule has 0 spiro atoms. The number of rotatable bonds is 2. The van der Waals surface area contributed by atoms with Crippen LogP contribution in [0.2, 0.25) is 0 Å². The summed E-state index contributed by atoms with van der Waals surface area (Å²) in [5.41, 5.74) is 0.276. The molecule has 2 heterocycles. The smallest absolute Gasteiger partial charge is 0.387 e. The molecule has 1 unspecified atom stereocenters. The van der Waals surface area contributed by atoms with Crippen molar-refractivity contribution in [2.24, 2.45) is 0 Å². The SMILES string of the molecule is OC1CCCn2c1cnc2Cc1ccccc1C(F)(F)F. The van der Waals surface area contributed by atoms with Crippen LogP contribution >= 0.6 is 0 Å². The van der Waals surface area contributed by atoms with Gasteiger partial charge in [-0.05, 0) is 24.5 Å². The maximum Gasteiger partial charge on any atom is 0.416 e. The van der Waals surface area contributed by atoms with E-state index in [4.69, 9.17) is 0 Å². The summed E-state index contributed by atoms with van der Waals surface area (Å²) in [6.45, 7) is 0.690. The molecule has 0 saturated heterocycles. The summed E-state index contributed by atoms with van der Waals surface area (Å²) in [4.78, 5) is 4.20. The Morgan fingerprint density at radius 3 is 2.81 bits per heavy atom. The lowest BCUT2D eigenvalue weighted by Crippen LogP contribution is -2.17. The molecule has 1 N–H and O–H groups in total. The van der Waals surface area contributed by atoms with Crippen molar-refractivity contribution in [3.63, 3.8) is 0 Å². The Balaban J connectivity index is 1.95. The predicted octanol–water partition coefficient (Wildman–Crippen LogP) is 3.32. The number of benzene rings is 1. The second-order valence-electron chi connectivity index (χ2n) is 5.24. The zero-order valence-corrected chi connectivity index (χ0v) is 11.3. The molecule has 1 aliphatic rings. The summed E-state index contributed by atoms with van der Waals surface area (Å²) in [6, 6.07) is 5.55. The number of aliphatic hydroxyl groups excluding tert-OH is 1. The van der Waals surface area contributed by atoms with Gasteiger partial charge in [-0.25, -0.2) is 4.98 Å². The van der Waals surface area contributed by atoms with Crippen molar-refractivity contribution in [2.45, 2.75) is 38.1 Å². The summed E-state index contributed by atoms with van der Waals surface area (Å²) >= 11 is 0. The average Bonchev–Trinajstić information content (AvgIpc) is 2.83. The van der Waals surface area contributed by atoms with Crippen LogP contribution in [0.3, 0.4) is 0 Å². The minimum atomic E-state index is -4.37. The van der Waals surface area contributed by atoms with Crippen LogP contribution in [-0.2, 0) is 19.1 Å². The second kappa shape index (κ2) is 5.18. The van der Waals surface area contributed by atoms with Gasteiger partial charge in [-0.3, -0.25) is 0 Å². The van der Waals surface area contributed by atoms with Gasteiger partial charge >= 0.3 is 6.18 Å². The van der Waals surface area contributed by atoms with E-state index in [1.165, 1.54) is 12.1 Å². The number of imidazole rings is 1. The zero-order valence-electron chi connectivity index (χ0n) is 11.3. The summed E-state index contributed by atoms with van der Waals surface area (Å²) in [5, 5.41) is 9.88. The summed E-state index contributed by atoms with van der Waals surface area (Å²) < 4.78 is 40.9. The number of halogens is 3. The Morgan fingerprint density at radius 1 is 1.29 bits per heavy atom. The number of aromatic nitrogens is 2. The van der Waals surface area contributed by atoms with Crippen molar-refractivity contribution in [3.8, 4) is 0 Å². The summed E-state index contributed by atoms with van der Waals surface area (Å²) in [5.74, 6) is 0.570. The van der Waals surface area contributed by atoms with Crippen LogP contribution in [0.1, 0.15) is 41.6 Å². The quantitative estimate of drug-likeness (QED) is 0.923. The van der Waals surface area contributed by atoms with Crippen LogP contribution in [0.5, 0.6) is 0 Å². The van der Waals surface area contributed by atoms with E-state index in [2.05, 4.69) is 4.98 Å². The second-order valence-corrected chi connectivity index (χ2v) is 5.24. The average molecular weight is 296 g/mol. The first-order chi connectivity index (χ1) is 9.97. The topological polar surface area (TPSA) is 38.0 Å². The fraction of sp³-hybridized carbons (Fsp3) is 0.400. The molecule has 0 aliphatic carbocycles. The number of hydrogen-bond acceptors (Lipinski definition) is 2. The molecule has 3 rings (SSSR count). The molecule has 0 fully saturated rings. The van der Waals surface area contributed by atoms with E-state index >= 15 is 0 Å². The molecular weight excluding hydrogens is 281 g/mol. The molecule has 1 aromatic heterocycles. The minimum absolute atomic E-state index is 0.113. The molecule has 1 atom stereocenters. The van der Waals surface area contributed by atoms with Gasteiger partial charge in [0.25, 0.3) is 0 Å². The largest absolute Gasteiger partial charge is 0.416 e. The Kier molecular flexibility index (Phi) is 3.49. The predicted molar refractivity (Wildman–Crippen MR) is 70.7 cm³/mol. The highest BCUT2D eigenvalue weighted by Gasteiger charge is 2.33. The third kappa shape index (κ3) is 2.68. The number of nitrogens with zero attached hydrogens (tertiary/aromatic N) is 2. The van der Waals surface area contributed by atoms with Gasteiger partial charge in [0.15, 0.2) is 0 Å². The number of alkyl halides is 3. The molecule has 0 saturated carbocycles. The van der Waals surface area contributed by atoms with E-state index in [9.17, 15) is 18.3 Å². The number of hydrogen-bond donors (Lipinski definition) is 1. The molecule has 3 nitrogen and oxygen atoms in total. The van der Waals surface area contributed by atoms with E-state index in [0.717, 1.165) is 12.5 Å². The molecule has 0 amide bonds. The lowest BCUT2D eigenvalue weighted by atomic mass is 10.0. The van der Waals surface area contributed by atoms with Gasteiger partial charge in [0.2, 0.25) is 0 Å². The van der Waals surface area contributed by atoms with Gasteiger partial charge in [0.05, 0.1) is 23.6 Å². The van der Waals surface area contributed by atoms with Crippen LogP contribution in [0.4, 0.5) is 13.2 Å². The van der Waals surface area contributed by atoms with Gasteiger partial charge in [0, 0.05) is 13.0 Å². The Morgan fingerprint density at radius 2 is 2.05 bits per heavy atom. The van der Waals surface area contributed by atoms with Gasteiger partial charge in [-0.1, -0.05) is 18.2 Å². The van der Waals surface area contributed by atoms with Gasteiger partial charge in [-0.2, -0.15) is 13.2 Å². The number of fused-ring (bicyclic) bond motifs is 1. The normalized spacial score (nSPS) is 18.6. The third-order valence-electron chi connectivity index (χ3n) is 3.84. The number of aliphatic hydroxyl groups is 1. The van der Waals surface area contributed by atoms with E-state index in [1.54, 1.807) is 12.3 Å². The van der Waals surface area contributed by atoms with Crippen LogP contribution in [0, 0.1) is 0 Å². The first kappa shape index (κ1) is 14.1. The maximum absolute atomic E-state index is 13.0. The van der Waals surface area contributed by atoms with Crippen LogP contribution in [0.25, 0.3) is 0 Å². The first-order valence-electron chi connectivity index (χ1n) is 6.84. The molecular formula is C15H15F3N2O. The van der Waals surface area contributed by atoms with Crippen molar-refractivity contribution in [1.82, 2.24) is 9.55 Å². The van der Waals surface area contributed by atoms with E-state index < -0.39 is 17.8 Å². The maximum atomic E-state index is 13.0. The minimum Gasteiger partial charge on any atom is -0.387 e. The van der Waals surface area contributed by atoms with Crippen molar-refractivity contribution in [2.75, 3.05) is 0 Å². The molecule has 2 aromatic rings. The summed E-state index contributed by atoms with van der Waals surface area (Å²) in [7, 11) is 0. The Hall–Kier alpha value is -1.82. The van der Waals surface area contributed by atoms with Crippen molar-refractivity contribution in [1.29, 1.82) is 0 Å². The van der Waals surface area contributed by atoms with Crippen molar-refractivity contribution >= 4 is 0 Å². The standard InChI is InChI=1S/C15H15F3N2O/c16-15(17,18)11-5-2-1-4-10(11)8-14-19-9-12-13(21)6-3-7-20(12)14/h1-2,4-5,9,13,21H,3,6-8H2. The lowest BCUT2D eigenvalue weighted by Gasteiger charge is -2.21. The van der Waals surface area contributed by atoms with Crippen molar-refractivity contribution < 1.29 is 18.3 Å². The molecule has 0 radical (unpaired) electrons. The van der Waals surface area contributed by atoms with Crippen LogP contribution in [-0.4, -0.2) is 14.7 Å². The zero-order chi connectivity index (χ0) is 15.0. The highest BCUT2D eigenvalue weighted by molar-refractivity contribution is 5.32. The van der Waals surface area contributed by atoms with Gasteiger partial charge in [-0.15, -0.1) is 0 Å². The Labute approximate surface area is 120 Å². The van der Waals surface area contributed by atoms with Crippen LogP contribution in [0.15, 0.2) is 30.5 Å². The molecule has 0 bridgehead atoms. The monoisotopic (exact) mass is 296 g/mol. The molecule has 112 valence electrons. The highest BCUT2D eigenvalue weighted by Crippen LogP contribution is 2.33. The molecule has 1 aliphatic heterocycles. The molecule has 1 aromatic carbocycles. The van der Waals surface area contributed by atoms with Gasteiger partial charge in [0.1, 0.15) is 5.82 Å². The molecule has 6 heteroatoms. The first-order valence-corrected chi connectivity index (χ1v) is 6.84. The van der Waals surface area contributed by atoms with E-state index in [0.29, 0.717) is 24.5 Å². The highest BCUT2D eigenvalue weighted by atomic mass is 19.4. The third-order valence-corrected chi connectivity index (χ3v) is 3.84. The van der Waals surface area contributed by atoms with Gasteiger partial charge < -0.3 is 9.67 Å². The fourth-order valence-corrected chi connectivity index (χ4v) is 2.81. The summed E-state index contributed by atoms with van der Waals surface area (Å²) in [6.07, 6.45) is -1.79. The lowest BCUT2D eigenvalue weighted by molar-refractivity contribution is -0.138. The van der Waals surface area contributed by atoms with E-state index in [-0.39, 0.29) is 12.0 Å². The van der Waals surface area contributed by atoms with Crippen LogP contribution < -0.4 is 0 Å². The Bertz CT molecular complexity index is 649. The van der Waals surface area contributed by atoms with E-state index in [1.807, 2.05) is 4.57 Å². The molecule has 21 heavy (non-hydrogen) atoms. The van der Waals surface area contributed by atoms with Crippen molar-refractivity contribution in [3.05, 3.63) is 53.1 Å².